The highest BCUT2D eigenvalue weighted by molar-refractivity contribution is 6.75. The fourth-order valence-electron chi connectivity index (χ4n) is 2.97. The Balaban J connectivity index is 3.02. The maximum atomic E-state index is 6.92. The van der Waals surface area contributed by atoms with Crippen molar-refractivity contribution >= 4 is 16.6 Å². The van der Waals surface area contributed by atoms with E-state index in [9.17, 15) is 0 Å². The first-order chi connectivity index (χ1) is 11.8. The molecule has 0 radical (unpaired) electrons. The van der Waals surface area contributed by atoms with Gasteiger partial charge in [-0.3, -0.25) is 0 Å². The predicted octanol–water partition coefficient (Wildman–Crippen LogP) is 8.13. The standard InChI is InChI=1S/C23H48O2Si2/c1-18(2)15-14-16-23(9)17-19(23)20(24-26(10,11)21(3,4)5)25-27(12,13)22(6,7)8/h15,19-20H,14,16-17H2,1-13H3. The summed E-state index contributed by atoms with van der Waals surface area (Å²) in [5.74, 6) is 0.534. The Morgan fingerprint density at radius 3 is 1.70 bits per heavy atom. The van der Waals surface area contributed by atoms with Crippen LogP contribution in [0.3, 0.4) is 0 Å². The molecule has 1 aliphatic carbocycles. The quantitative estimate of drug-likeness (QED) is 0.227. The molecule has 1 rings (SSSR count). The van der Waals surface area contributed by atoms with E-state index in [1.54, 1.807) is 0 Å². The SMILES string of the molecule is CC(C)=CCCC1(C)CC1C(O[Si](C)(C)C(C)(C)C)O[Si](C)(C)C(C)(C)C. The van der Waals surface area contributed by atoms with Gasteiger partial charge in [-0.1, -0.05) is 60.1 Å². The first-order valence-electron chi connectivity index (χ1n) is 10.8. The third kappa shape index (κ3) is 6.55. The van der Waals surface area contributed by atoms with Gasteiger partial charge in [0.25, 0.3) is 0 Å². The largest absolute Gasteiger partial charge is 0.393 e. The first-order valence-corrected chi connectivity index (χ1v) is 16.6. The number of hydrogen-bond acceptors (Lipinski definition) is 2. The zero-order valence-electron chi connectivity index (χ0n) is 20.7. The van der Waals surface area contributed by atoms with E-state index in [0.29, 0.717) is 11.3 Å². The zero-order chi connectivity index (χ0) is 21.5. The lowest BCUT2D eigenvalue weighted by molar-refractivity contribution is -0.0430. The van der Waals surface area contributed by atoms with E-state index in [4.69, 9.17) is 8.85 Å². The smallest absolute Gasteiger partial charge is 0.195 e. The van der Waals surface area contributed by atoms with Crippen molar-refractivity contribution in [2.45, 2.75) is 124 Å². The van der Waals surface area contributed by atoms with Crippen molar-refractivity contribution in [3.8, 4) is 0 Å². The Morgan fingerprint density at radius 2 is 1.37 bits per heavy atom. The summed E-state index contributed by atoms with van der Waals surface area (Å²) in [5, 5.41) is 0.408. The highest BCUT2D eigenvalue weighted by Crippen LogP contribution is 2.60. The zero-order valence-corrected chi connectivity index (χ0v) is 22.7. The minimum Gasteiger partial charge on any atom is -0.393 e. The van der Waals surface area contributed by atoms with Gasteiger partial charge in [-0.25, -0.2) is 0 Å². The molecule has 0 aromatic rings. The van der Waals surface area contributed by atoms with E-state index in [2.05, 4.69) is 94.6 Å². The van der Waals surface area contributed by atoms with Crippen LogP contribution in [0.5, 0.6) is 0 Å². The van der Waals surface area contributed by atoms with E-state index in [0.717, 1.165) is 0 Å². The van der Waals surface area contributed by atoms with Gasteiger partial charge < -0.3 is 8.85 Å². The molecule has 0 spiro atoms. The molecule has 0 aromatic carbocycles. The summed E-state index contributed by atoms with van der Waals surface area (Å²) in [4.78, 5) is 0. The molecule has 1 aliphatic rings. The summed E-state index contributed by atoms with van der Waals surface area (Å²) in [5.41, 5.74) is 1.78. The first kappa shape index (κ1) is 25.1. The van der Waals surface area contributed by atoms with Crippen LogP contribution in [0.15, 0.2) is 11.6 Å². The second-order valence-electron chi connectivity index (χ2n) is 12.4. The highest BCUT2D eigenvalue weighted by Gasteiger charge is 2.57. The molecule has 27 heavy (non-hydrogen) atoms. The third-order valence-electron chi connectivity index (χ3n) is 7.45. The van der Waals surface area contributed by atoms with Crippen LogP contribution in [0, 0.1) is 11.3 Å². The van der Waals surface area contributed by atoms with Crippen LogP contribution in [0.1, 0.15) is 81.6 Å². The van der Waals surface area contributed by atoms with E-state index < -0.39 is 16.6 Å². The number of allylic oxidation sites excluding steroid dienone is 2. The van der Waals surface area contributed by atoms with Crippen LogP contribution in [0.4, 0.5) is 0 Å². The molecule has 0 N–H and O–H groups in total. The molecule has 0 heterocycles. The Hall–Kier alpha value is 0.0938. The normalized spacial score (nSPS) is 24.3. The predicted molar refractivity (Wildman–Crippen MR) is 125 cm³/mol. The summed E-state index contributed by atoms with van der Waals surface area (Å²) in [6.07, 6.45) is 5.98. The molecule has 0 saturated heterocycles. The van der Waals surface area contributed by atoms with Gasteiger partial charge in [0.15, 0.2) is 16.6 Å². The Kier molecular flexibility index (Phi) is 7.52. The van der Waals surface area contributed by atoms with Gasteiger partial charge in [0.1, 0.15) is 6.29 Å². The molecular weight excluding hydrogens is 364 g/mol. The van der Waals surface area contributed by atoms with E-state index in [-0.39, 0.29) is 16.4 Å². The fraction of sp³-hybridized carbons (Fsp3) is 0.913. The summed E-state index contributed by atoms with van der Waals surface area (Å²) in [6, 6.07) is 0. The molecule has 1 saturated carbocycles. The Bertz CT molecular complexity index is 506. The average Bonchev–Trinajstić information content (AvgIpc) is 3.06. The van der Waals surface area contributed by atoms with Crippen molar-refractivity contribution in [2.24, 2.45) is 11.3 Å². The van der Waals surface area contributed by atoms with Gasteiger partial charge in [0.2, 0.25) is 0 Å². The van der Waals surface area contributed by atoms with E-state index >= 15 is 0 Å². The maximum absolute atomic E-state index is 6.92. The van der Waals surface area contributed by atoms with Crippen molar-refractivity contribution in [1.82, 2.24) is 0 Å². The van der Waals surface area contributed by atoms with Crippen LogP contribution in [-0.4, -0.2) is 22.9 Å². The maximum Gasteiger partial charge on any atom is 0.195 e. The Morgan fingerprint density at radius 1 is 0.963 bits per heavy atom. The van der Waals surface area contributed by atoms with Gasteiger partial charge in [-0.05, 0) is 74.8 Å². The fourth-order valence-corrected chi connectivity index (χ4v) is 5.36. The molecule has 0 aliphatic heterocycles. The summed E-state index contributed by atoms with van der Waals surface area (Å²) in [7, 11) is -3.75. The average molecular weight is 413 g/mol. The lowest BCUT2D eigenvalue weighted by Crippen LogP contribution is -2.51. The van der Waals surface area contributed by atoms with Crippen LogP contribution in [0.2, 0.25) is 36.3 Å². The topological polar surface area (TPSA) is 18.5 Å². The minimum atomic E-state index is -1.88. The monoisotopic (exact) mass is 412 g/mol. The van der Waals surface area contributed by atoms with E-state index in [1.807, 2.05) is 0 Å². The lowest BCUT2D eigenvalue weighted by Gasteiger charge is -2.44. The van der Waals surface area contributed by atoms with Crippen LogP contribution in [0.25, 0.3) is 0 Å². The Labute approximate surface area is 172 Å². The lowest BCUT2D eigenvalue weighted by atomic mass is 9.99. The molecule has 2 unspecified atom stereocenters. The molecule has 0 bridgehead atoms. The highest BCUT2D eigenvalue weighted by atomic mass is 28.4. The van der Waals surface area contributed by atoms with Crippen molar-refractivity contribution in [2.75, 3.05) is 0 Å². The van der Waals surface area contributed by atoms with Crippen LogP contribution < -0.4 is 0 Å². The second kappa shape index (κ2) is 8.08. The van der Waals surface area contributed by atoms with Gasteiger partial charge in [0.05, 0.1) is 0 Å². The molecule has 1 fully saturated rings. The number of rotatable bonds is 8. The molecule has 0 aromatic heterocycles. The van der Waals surface area contributed by atoms with Crippen molar-refractivity contribution < 1.29 is 8.85 Å². The summed E-state index contributed by atoms with van der Waals surface area (Å²) >= 11 is 0. The third-order valence-corrected chi connectivity index (χ3v) is 16.3. The minimum absolute atomic E-state index is 0.0384. The molecule has 2 nitrogen and oxygen atoms in total. The molecule has 4 heteroatoms. The van der Waals surface area contributed by atoms with Gasteiger partial charge in [-0.15, -0.1) is 0 Å². The summed E-state index contributed by atoms with van der Waals surface area (Å²) < 4.78 is 13.8. The van der Waals surface area contributed by atoms with Gasteiger partial charge >= 0.3 is 0 Å². The number of hydrogen-bond donors (Lipinski definition) is 0. The van der Waals surface area contributed by atoms with Crippen molar-refractivity contribution in [1.29, 1.82) is 0 Å². The molecular formula is C23H48O2Si2. The van der Waals surface area contributed by atoms with Crippen molar-refractivity contribution in [3.63, 3.8) is 0 Å². The molecule has 0 amide bonds. The second-order valence-corrected chi connectivity index (χ2v) is 21.9. The summed E-state index contributed by atoms with van der Waals surface area (Å²) in [6.45, 7) is 30.2. The molecule has 2 atom stereocenters. The van der Waals surface area contributed by atoms with Crippen LogP contribution in [-0.2, 0) is 8.85 Å². The van der Waals surface area contributed by atoms with Gasteiger partial charge in [-0.2, -0.15) is 0 Å². The van der Waals surface area contributed by atoms with Crippen LogP contribution >= 0.6 is 0 Å². The van der Waals surface area contributed by atoms with Crippen molar-refractivity contribution in [3.05, 3.63) is 11.6 Å². The molecule has 160 valence electrons. The van der Waals surface area contributed by atoms with Gasteiger partial charge in [0, 0.05) is 5.92 Å². The van der Waals surface area contributed by atoms with E-state index in [1.165, 1.54) is 24.8 Å².